The third-order valence-electron chi connectivity index (χ3n) is 4.27. The molecule has 0 saturated heterocycles. The molecule has 0 amide bonds. The van der Waals surface area contributed by atoms with Crippen LogP contribution in [0, 0.1) is 0 Å². The van der Waals surface area contributed by atoms with E-state index in [4.69, 9.17) is 11.5 Å². The Morgan fingerprint density at radius 2 is 1.85 bits per heavy atom. The van der Waals surface area contributed by atoms with E-state index in [1.807, 2.05) is 12.1 Å². The van der Waals surface area contributed by atoms with Crippen LogP contribution in [0.5, 0.6) is 0 Å². The number of nitrogens with zero attached hydrogens (tertiary/aromatic N) is 1. The fourth-order valence-electron chi connectivity index (χ4n) is 3.25. The van der Waals surface area contributed by atoms with E-state index >= 15 is 0 Å². The number of benzene rings is 2. The highest BCUT2D eigenvalue weighted by atomic mass is 15.1. The molecule has 104 valence electrons. The minimum atomic E-state index is 0.309. The summed E-state index contributed by atoms with van der Waals surface area (Å²) >= 11 is 0. The van der Waals surface area contributed by atoms with Crippen molar-refractivity contribution in [2.45, 2.75) is 12.0 Å². The minimum absolute atomic E-state index is 0.309. The molecule has 2 unspecified atom stereocenters. The first kappa shape index (κ1) is 13.2. The smallest absolute Gasteiger partial charge is 0.0470 e. The SMILES string of the molecule is CN1CC(c2cccc(N)c2)c2ccccc2C1CN. The summed E-state index contributed by atoms with van der Waals surface area (Å²) in [4.78, 5) is 2.34. The summed E-state index contributed by atoms with van der Waals surface area (Å²) in [6, 6.07) is 17.1. The van der Waals surface area contributed by atoms with Gasteiger partial charge in [-0.25, -0.2) is 0 Å². The van der Waals surface area contributed by atoms with Gasteiger partial charge >= 0.3 is 0 Å². The first-order chi connectivity index (χ1) is 9.70. The molecule has 1 aliphatic rings. The van der Waals surface area contributed by atoms with E-state index in [0.717, 1.165) is 12.2 Å². The highest BCUT2D eigenvalue weighted by molar-refractivity contribution is 5.47. The lowest BCUT2D eigenvalue weighted by molar-refractivity contribution is 0.223. The molecule has 2 aromatic rings. The van der Waals surface area contributed by atoms with Gasteiger partial charge < -0.3 is 11.5 Å². The zero-order valence-electron chi connectivity index (χ0n) is 11.8. The average Bonchev–Trinajstić information content (AvgIpc) is 2.46. The van der Waals surface area contributed by atoms with Crippen LogP contribution in [0.15, 0.2) is 48.5 Å². The molecule has 2 atom stereocenters. The highest BCUT2D eigenvalue weighted by Gasteiger charge is 2.30. The summed E-state index contributed by atoms with van der Waals surface area (Å²) in [5.74, 6) is 0.363. The van der Waals surface area contributed by atoms with Crippen LogP contribution in [0.4, 0.5) is 5.69 Å². The van der Waals surface area contributed by atoms with Gasteiger partial charge in [0.15, 0.2) is 0 Å². The van der Waals surface area contributed by atoms with Crippen LogP contribution in [0.3, 0.4) is 0 Å². The topological polar surface area (TPSA) is 55.3 Å². The van der Waals surface area contributed by atoms with Crippen molar-refractivity contribution < 1.29 is 0 Å². The monoisotopic (exact) mass is 267 g/mol. The van der Waals surface area contributed by atoms with Gasteiger partial charge in [0, 0.05) is 30.7 Å². The number of fused-ring (bicyclic) bond motifs is 1. The number of nitrogens with two attached hydrogens (primary N) is 2. The number of anilines is 1. The van der Waals surface area contributed by atoms with Crippen molar-refractivity contribution in [3.05, 3.63) is 65.2 Å². The summed E-state index contributed by atoms with van der Waals surface area (Å²) in [7, 11) is 2.15. The lowest BCUT2D eigenvalue weighted by Crippen LogP contribution is -2.39. The molecule has 0 fully saturated rings. The van der Waals surface area contributed by atoms with Crippen molar-refractivity contribution >= 4 is 5.69 Å². The van der Waals surface area contributed by atoms with Crippen LogP contribution in [0.25, 0.3) is 0 Å². The maximum Gasteiger partial charge on any atom is 0.0470 e. The van der Waals surface area contributed by atoms with Gasteiger partial charge in [-0.15, -0.1) is 0 Å². The van der Waals surface area contributed by atoms with Crippen molar-refractivity contribution in [2.24, 2.45) is 5.73 Å². The van der Waals surface area contributed by atoms with Gasteiger partial charge in [-0.2, -0.15) is 0 Å². The molecule has 0 spiro atoms. The lowest BCUT2D eigenvalue weighted by Gasteiger charge is -2.39. The van der Waals surface area contributed by atoms with Gasteiger partial charge in [0.05, 0.1) is 0 Å². The summed E-state index contributed by atoms with van der Waals surface area (Å²) in [6.45, 7) is 1.62. The molecular weight excluding hydrogens is 246 g/mol. The fraction of sp³-hybridized carbons (Fsp3) is 0.294. The van der Waals surface area contributed by atoms with E-state index < -0.39 is 0 Å². The number of nitrogen functional groups attached to an aromatic ring is 1. The van der Waals surface area contributed by atoms with Gasteiger partial charge in [0.25, 0.3) is 0 Å². The van der Waals surface area contributed by atoms with Gasteiger partial charge in [0.2, 0.25) is 0 Å². The molecule has 1 aliphatic heterocycles. The van der Waals surface area contributed by atoms with Crippen LogP contribution in [-0.2, 0) is 0 Å². The third-order valence-corrected chi connectivity index (χ3v) is 4.27. The molecule has 0 radical (unpaired) electrons. The van der Waals surface area contributed by atoms with Crippen molar-refractivity contribution in [3.63, 3.8) is 0 Å². The Morgan fingerprint density at radius 3 is 2.55 bits per heavy atom. The van der Waals surface area contributed by atoms with Crippen molar-refractivity contribution in [1.82, 2.24) is 4.90 Å². The Labute approximate surface area is 120 Å². The number of rotatable bonds is 2. The highest BCUT2D eigenvalue weighted by Crippen LogP contribution is 2.38. The van der Waals surface area contributed by atoms with Crippen LogP contribution < -0.4 is 11.5 Å². The maximum absolute atomic E-state index is 5.96. The predicted octanol–water partition coefficient (Wildman–Crippen LogP) is 2.35. The normalized spacial score (nSPS) is 22.5. The quantitative estimate of drug-likeness (QED) is 0.821. The standard InChI is InChI=1S/C17H21N3/c1-20-11-16(12-5-4-6-13(19)9-12)14-7-2-3-8-15(14)17(20)10-18/h2-9,16-17H,10-11,18-19H2,1H3. The molecule has 0 aromatic heterocycles. The molecule has 1 heterocycles. The van der Waals surface area contributed by atoms with E-state index in [-0.39, 0.29) is 0 Å². The second kappa shape index (κ2) is 5.27. The summed E-state index contributed by atoms with van der Waals surface area (Å²) in [6.07, 6.45) is 0. The first-order valence-electron chi connectivity index (χ1n) is 7.05. The Morgan fingerprint density at radius 1 is 1.10 bits per heavy atom. The van der Waals surface area contributed by atoms with Crippen LogP contribution in [0.2, 0.25) is 0 Å². The summed E-state index contributed by atoms with van der Waals surface area (Å²) in [5, 5.41) is 0. The summed E-state index contributed by atoms with van der Waals surface area (Å²) in [5.41, 5.74) is 16.7. The van der Waals surface area contributed by atoms with Gasteiger partial charge in [-0.05, 0) is 35.9 Å². The van der Waals surface area contributed by atoms with Crippen LogP contribution in [0.1, 0.15) is 28.7 Å². The Bertz CT molecular complexity index is 609. The molecule has 4 N–H and O–H groups in total. The molecule has 2 aromatic carbocycles. The molecule has 3 heteroatoms. The Kier molecular flexibility index (Phi) is 3.47. The summed E-state index contributed by atoms with van der Waals surface area (Å²) < 4.78 is 0. The molecule has 0 bridgehead atoms. The second-order valence-electron chi connectivity index (χ2n) is 5.54. The maximum atomic E-state index is 5.96. The predicted molar refractivity (Wildman–Crippen MR) is 83.6 cm³/mol. The van der Waals surface area contributed by atoms with Crippen molar-refractivity contribution in [3.8, 4) is 0 Å². The molecule has 20 heavy (non-hydrogen) atoms. The zero-order chi connectivity index (χ0) is 14.1. The second-order valence-corrected chi connectivity index (χ2v) is 5.54. The molecule has 3 rings (SSSR count). The van der Waals surface area contributed by atoms with E-state index in [0.29, 0.717) is 18.5 Å². The van der Waals surface area contributed by atoms with Crippen LogP contribution >= 0.6 is 0 Å². The van der Waals surface area contributed by atoms with Gasteiger partial charge in [-0.1, -0.05) is 36.4 Å². The third kappa shape index (κ3) is 2.19. The average molecular weight is 267 g/mol. The first-order valence-corrected chi connectivity index (χ1v) is 7.05. The van der Waals surface area contributed by atoms with Crippen LogP contribution in [-0.4, -0.2) is 25.0 Å². The fourth-order valence-corrected chi connectivity index (χ4v) is 3.25. The van der Waals surface area contributed by atoms with E-state index in [9.17, 15) is 0 Å². The van der Waals surface area contributed by atoms with Gasteiger partial charge in [0.1, 0.15) is 0 Å². The van der Waals surface area contributed by atoms with Crippen molar-refractivity contribution in [2.75, 3.05) is 25.9 Å². The number of hydrogen-bond acceptors (Lipinski definition) is 3. The van der Waals surface area contributed by atoms with E-state index in [2.05, 4.69) is 48.3 Å². The lowest BCUT2D eigenvalue weighted by atomic mass is 9.81. The molecule has 0 saturated carbocycles. The number of hydrogen-bond donors (Lipinski definition) is 2. The minimum Gasteiger partial charge on any atom is -0.399 e. The van der Waals surface area contributed by atoms with E-state index in [1.165, 1.54) is 16.7 Å². The Hall–Kier alpha value is -1.84. The van der Waals surface area contributed by atoms with E-state index in [1.54, 1.807) is 0 Å². The Balaban J connectivity index is 2.09. The molecular formula is C17H21N3. The van der Waals surface area contributed by atoms with Crippen molar-refractivity contribution in [1.29, 1.82) is 0 Å². The largest absolute Gasteiger partial charge is 0.399 e. The molecule has 3 nitrogen and oxygen atoms in total. The zero-order valence-corrected chi connectivity index (χ0v) is 11.8. The molecule has 0 aliphatic carbocycles. The number of likely N-dealkylation sites (N-methyl/N-ethyl adjacent to an activating group) is 1. The van der Waals surface area contributed by atoms with Gasteiger partial charge in [-0.3, -0.25) is 4.90 Å².